The summed E-state index contributed by atoms with van der Waals surface area (Å²) in [5.74, 6) is -1.30. The molecule has 4 heterocycles. The van der Waals surface area contributed by atoms with Gasteiger partial charge in [-0.2, -0.15) is 0 Å². The van der Waals surface area contributed by atoms with Gasteiger partial charge in [-0.3, -0.25) is 9.13 Å². The maximum atomic E-state index is 9.86. The number of benzene rings is 5. The molecule has 0 saturated carbocycles. The molecule has 5 heteroatoms. The molecule has 0 radical (unpaired) electrons. The summed E-state index contributed by atoms with van der Waals surface area (Å²) in [4.78, 5) is 13.4. The molecule has 5 aromatic carbocycles. The van der Waals surface area contributed by atoms with Crippen molar-refractivity contribution in [2.24, 2.45) is 0 Å². The average Bonchev–Trinajstić information content (AvgIpc) is 3.83. The van der Waals surface area contributed by atoms with E-state index in [4.69, 9.17) is 27.4 Å². The molecule has 44 heavy (non-hydrogen) atoms. The van der Waals surface area contributed by atoms with Crippen molar-refractivity contribution in [2.45, 2.75) is 0 Å². The van der Waals surface area contributed by atoms with Crippen LogP contribution in [0, 0.1) is 0 Å². The molecule has 0 bridgehead atoms. The summed E-state index contributed by atoms with van der Waals surface area (Å²) in [6.45, 7) is 0. The molecule has 0 aliphatic carbocycles. The fourth-order valence-electron chi connectivity index (χ4n) is 5.22. The Morgan fingerprint density at radius 1 is 0.545 bits per heavy atom. The Balaban J connectivity index is 1.53. The maximum absolute atomic E-state index is 9.86. The van der Waals surface area contributed by atoms with Gasteiger partial charge in [0.05, 0.1) is 56.7 Å². The van der Waals surface area contributed by atoms with Gasteiger partial charge in [0.25, 0.3) is 0 Å². The van der Waals surface area contributed by atoms with Gasteiger partial charge in [-0.1, -0.05) is 103 Å². The molecule has 0 aliphatic heterocycles. The minimum atomic E-state index is -0.806. The minimum absolute atomic E-state index is 0.0715. The van der Waals surface area contributed by atoms with Crippen LogP contribution < -0.4 is 0 Å². The molecule has 0 amide bonds. The molecule has 0 saturated heterocycles. The molecule has 9 rings (SSSR count). The van der Waals surface area contributed by atoms with Gasteiger partial charge in [-0.25, -0.2) is 15.0 Å². The highest BCUT2D eigenvalue weighted by atomic mass is 15.1. The molecular formula is C39H25N5. The largest absolute Gasteiger partial charge is 0.294 e. The molecule has 0 unspecified atom stereocenters. The predicted octanol–water partition coefficient (Wildman–Crippen LogP) is 9.40. The SMILES string of the molecule is [2H]c1nc2c(c([2H])c1[2H])c1c([2H])c([2H])c([2H])c([2H])c1n2-c1ccccc1-c1nc(-c2c([2H])c([2H])c([2H])c([2H])c2[2H])nc(-n2c3c([2H])c([2H])c([2H])c([2H])c3c3c([2H])c([2H])c([2H])c([2H])c32)c1[2H]. The van der Waals surface area contributed by atoms with Crippen LogP contribution in [0.5, 0.6) is 0 Å². The van der Waals surface area contributed by atoms with E-state index in [1.165, 1.54) is 28.8 Å². The van der Waals surface area contributed by atoms with Crippen LogP contribution >= 0.6 is 0 Å². The van der Waals surface area contributed by atoms with Gasteiger partial charge >= 0.3 is 0 Å². The smallest absolute Gasteiger partial charge is 0.162 e. The van der Waals surface area contributed by atoms with Crippen molar-refractivity contribution in [1.29, 1.82) is 0 Å². The first-order valence-corrected chi connectivity index (χ1v) is 13.0. The van der Waals surface area contributed by atoms with Gasteiger partial charge in [0.2, 0.25) is 0 Å². The summed E-state index contributed by atoms with van der Waals surface area (Å²) >= 11 is 0. The van der Waals surface area contributed by atoms with Crippen LogP contribution in [0.15, 0.2) is 151 Å². The highest BCUT2D eigenvalue weighted by Crippen LogP contribution is 2.37. The second-order valence-corrected chi connectivity index (χ2v) is 9.38. The van der Waals surface area contributed by atoms with Crippen molar-refractivity contribution < 1.29 is 28.8 Å². The predicted molar refractivity (Wildman–Crippen MR) is 179 cm³/mol. The number of nitrogens with zero attached hydrogens (tertiary/aromatic N) is 5. The van der Waals surface area contributed by atoms with E-state index in [1.807, 2.05) is 0 Å². The Hall–Kier alpha value is -6.07. The summed E-state index contributed by atoms with van der Waals surface area (Å²) in [5.41, 5.74) is -2.69. The van der Waals surface area contributed by atoms with Crippen LogP contribution in [-0.2, 0) is 0 Å². The van der Waals surface area contributed by atoms with Crippen molar-refractivity contribution in [2.75, 3.05) is 0 Å². The Morgan fingerprint density at radius 3 is 1.86 bits per heavy atom. The fourth-order valence-corrected chi connectivity index (χ4v) is 5.22. The van der Waals surface area contributed by atoms with Crippen molar-refractivity contribution in [3.63, 3.8) is 0 Å². The van der Waals surface area contributed by atoms with E-state index in [1.54, 1.807) is 0 Å². The molecule has 206 valence electrons. The van der Waals surface area contributed by atoms with Crippen LogP contribution in [0.25, 0.3) is 77.9 Å². The molecular weight excluding hydrogens is 538 g/mol. The first-order chi connectivity index (χ1) is 30.6. The van der Waals surface area contributed by atoms with Gasteiger partial charge in [-0.15, -0.1) is 0 Å². The maximum Gasteiger partial charge on any atom is 0.162 e. The lowest BCUT2D eigenvalue weighted by atomic mass is 10.1. The Morgan fingerprint density at radius 2 is 1.14 bits per heavy atom. The number of pyridine rings is 1. The van der Waals surface area contributed by atoms with E-state index >= 15 is 0 Å². The number of rotatable bonds is 4. The molecule has 5 nitrogen and oxygen atoms in total. The van der Waals surface area contributed by atoms with Gasteiger partial charge < -0.3 is 0 Å². The summed E-state index contributed by atoms with van der Waals surface area (Å²) < 4.78 is 186. The summed E-state index contributed by atoms with van der Waals surface area (Å²) in [6, 6.07) is -8.73. The third kappa shape index (κ3) is 3.69. The zero-order valence-electron chi connectivity index (χ0n) is 43.0. The van der Waals surface area contributed by atoms with E-state index in [-0.39, 0.29) is 44.0 Å². The van der Waals surface area contributed by atoms with Gasteiger partial charge in [-0.05, 0) is 36.3 Å². The summed E-state index contributed by atoms with van der Waals surface area (Å²) in [6.07, 6.45) is -0.686. The first-order valence-electron chi connectivity index (χ1n) is 23.5. The average molecular weight is 585 g/mol. The summed E-state index contributed by atoms with van der Waals surface area (Å²) in [7, 11) is 0. The van der Waals surface area contributed by atoms with Crippen molar-refractivity contribution in [3.8, 4) is 34.2 Å². The van der Waals surface area contributed by atoms with Gasteiger partial charge in [0, 0.05) is 44.9 Å². The van der Waals surface area contributed by atoms with Gasteiger partial charge in [0.1, 0.15) is 11.5 Å². The third-order valence-electron chi connectivity index (χ3n) is 7.01. The van der Waals surface area contributed by atoms with Crippen LogP contribution in [0.2, 0.25) is 0 Å². The lowest BCUT2D eigenvalue weighted by molar-refractivity contribution is 1.04. The number of aromatic nitrogens is 5. The van der Waals surface area contributed by atoms with E-state index in [2.05, 4.69) is 15.0 Å². The number of para-hydroxylation sites is 4. The number of hydrogen-bond acceptors (Lipinski definition) is 3. The van der Waals surface area contributed by atoms with Crippen molar-refractivity contribution in [1.82, 2.24) is 24.1 Å². The Kier molecular flexibility index (Phi) is 2.56. The topological polar surface area (TPSA) is 48.5 Å². The summed E-state index contributed by atoms with van der Waals surface area (Å²) in [5, 5.41) is -1.20. The molecule has 0 atom stereocenters. The van der Waals surface area contributed by atoms with Crippen LogP contribution in [0.4, 0.5) is 0 Å². The van der Waals surface area contributed by atoms with Crippen LogP contribution in [0.1, 0.15) is 28.8 Å². The van der Waals surface area contributed by atoms with Crippen molar-refractivity contribution in [3.05, 3.63) is 151 Å². The fraction of sp³-hybridized carbons (Fsp3) is 0. The molecule has 0 fully saturated rings. The second kappa shape index (κ2) is 9.75. The standard InChI is InChI=1S/C39H25N5/c1-2-13-26(14-3-1)38-41-32(25-37(42-38)43-33-20-8-4-15-27(33)28-16-5-9-21-34(28)43)31-18-7-11-23-36(31)44-35-22-10-6-17-29(35)30-19-12-24-40-39(30)44/h1-25H/i1D,2D,3D,4D,5D,6D,8D,9D,10D,12D,13D,14D,15D,16D,17D,19D,20D,21D,22D,24D,25D. The van der Waals surface area contributed by atoms with Gasteiger partial charge in [0.15, 0.2) is 5.82 Å². The second-order valence-electron chi connectivity index (χ2n) is 9.38. The number of hydrogen-bond donors (Lipinski definition) is 0. The molecule has 9 aromatic rings. The van der Waals surface area contributed by atoms with E-state index in [9.17, 15) is 1.37 Å². The van der Waals surface area contributed by atoms with Crippen molar-refractivity contribution >= 4 is 43.7 Å². The molecule has 0 aliphatic rings. The molecule has 0 spiro atoms. The third-order valence-corrected chi connectivity index (χ3v) is 7.01. The highest BCUT2D eigenvalue weighted by Gasteiger charge is 2.20. The lowest BCUT2D eigenvalue weighted by Crippen LogP contribution is -2.04. The Labute approximate surface area is 282 Å². The van der Waals surface area contributed by atoms with Crippen LogP contribution in [0.3, 0.4) is 0 Å². The number of fused-ring (bicyclic) bond motifs is 6. The van der Waals surface area contributed by atoms with Crippen LogP contribution in [-0.4, -0.2) is 24.1 Å². The Bertz CT molecular complexity index is 3590. The van der Waals surface area contributed by atoms with E-state index < -0.39 is 161 Å². The zero-order valence-corrected chi connectivity index (χ0v) is 22.0. The highest BCUT2D eigenvalue weighted by molar-refractivity contribution is 6.10. The van der Waals surface area contributed by atoms with E-state index in [0.29, 0.717) is 0 Å². The minimum Gasteiger partial charge on any atom is -0.294 e. The quantitative estimate of drug-likeness (QED) is 0.207. The zero-order chi connectivity index (χ0) is 47.3. The van der Waals surface area contributed by atoms with E-state index in [0.717, 1.165) is 4.57 Å². The molecule has 0 N–H and O–H groups in total. The molecule has 4 aromatic heterocycles. The lowest BCUT2D eigenvalue weighted by Gasteiger charge is -2.15. The monoisotopic (exact) mass is 584 g/mol. The normalized spacial score (nSPS) is 18.3. The first kappa shape index (κ1) is 11.5.